The van der Waals surface area contributed by atoms with E-state index in [1.165, 1.54) is 11.3 Å². The number of anilines is 2. The van der Waals surface area contributed by atoms with E-state index in [4.69, 9.17) is 5.26 Å². The average Bonchev–Trinajstić information content (AvgIpc) is 2.98. The third-order valence-electron chi connectivity index (χ3n) is 3.18. The predicted octanol–water partition coefficient (Wildman–Crippen LogP) is 3.30. The fourth-order valence-electron chi connectivity index (χ4n) is 1.94. The van der Waals surface area contributed by atoms with Gasteiger partial charge in [-0.3, -0.25) is 9.59 Å². The number of rotatable bonds is 6. The highest BCUT2D eigenvalue weighted by molar-refractivity contribution is 7.15. The fraction of sp³-hybridized carbons (Fsp3) is 0.294. The van der Waals surface area contributed by atoms with E-state index in [9.17, 15) is 9.59 Å². The molecule has 0 aliphatic heterocycles. The van der Waals surface area contributed by atoms with Crippen LogP contribution in [0, 0.1) is 11.3 Å². The molecule has 1 aromatic carbocycles. The molecule has 0 radical (unpaired) electrons. The van der Waals surface area contributed by atoms with Crippen LogP contribution in [0.15, 0.2) is 30.5 Å². The Morgan fingerprint density at radius 2 is 1.92 bits per heavy atom. The zero-order valence-electron chi connectivity index (χ0n) is 13.5. The number of aromatic nitrogens is 1. The molecule has 2 amide bonds. The first kappa shape index (κ1) is 17.6. The Kier molecular flexibility index (Phi) is 6.04. The van der Waals surface area contributed by atoms with E-state index in [0.29, 0.717) is 16.7 Å². The smallest absolute Gasteiger partial charge is 0.238 e. The molecule has 6 nitrogen and oxygen atoms in total. The van der Waals surface area contributed by atoms with Crippen molar-refractivity contribution in [1.82, 2.24) is 4.98 Å². The van der Waals surface area contributed by atoms with Crippen molar-refractivity contribution in [2.75, 3.05) is 10.6 Å². The molecule has 2 rings (SSSR count). The Hall–Kier alpha value is -2.72. The Morgan fingerprint density at radius 3 is 2.50 bits per heavy atom. The molecule has 0 fully saturated rings. The van der Waals surface area contributed by atoms with Crippen molar-refractivity contribution in [3.8, 4) is 6.07 Å². The van der Waals surface area contributed by atoms with Gasteiger partial charge < -0.3 is 10.6 Å². The van der Waals surface area contributed by atoms with Gasteiger partial charge in [0, 0.05) is 16.8 Å². The molecule has 0 aliphatic rings. The molecule has 0 aliphatic carbocycles. The average molecular weight is 342 g/mol. The molecule has 2 aromatic rings. The van der Waals surface area contributed by atoms with Crippen molar-refractivity contribution in [3.63, 3.8) is 0 Å². The highest BCUT2D eigenvalue weighted by Crippen LogP contribution is 2.25. The number of carbonyl (C=O) groups excluding carboxylic acids is 2. The first-order chi connectivity index (χ1) is 11.5. The van der Waals surface area contributed by atoms with Crippen LogP contribution in [0.5, 0.6) is 0 Å². The lowest BCUT2D eigenvalue weighted by Gasteiger charge is -2.05. The standard InChI is InChI=1S/C17H18N4O2S/c1-11(2)14-10-19-17(24-14)21-16(23)9-12-3-5-13(6-4-12)20-15(22)7-8-18/h3-6,10-11H,7,9H2,1-2H3,(H,20,22)(H,19,21,23). The van der Waals surface area contributed by atoms with Gasteiger partial charge in [0.05, 0.1) is 12.5 Å². The summed E-state index contributed by atoms with van der Waals surface area (Å²) in [5.41, 5.74) is 1.42. The summed E-state index contributed by atoms with van der Waals surface area (Å²) < 4.78 is 0. The fourth-order valence-corrected chi connectivity index (χ4v) is 2.78. The van der Waals surface area contributed by atoms with E-state index in [1.54, 1.807) is 36.5 Å². The third-order valence-corrected chi connectivity index (χ3v) is 4.39. The van der Waals surface area contributed by atoms with E-state index < -0.39 is 0 Å². The number of thiazole rings is 1. The molecular weight excluding hydrogens is 324 g/mol. The Balaban J connectivity index is 1.89. The van der Waals surface area contributed by atoms with Gasteiger partial charge in [-0.05, 0) is 23.6 Å². The number of carbonyl (C=O) groups is 2. The molecule has 7 heteroatoms. The lowest BCUT2D eigenvalue weighted by atomic mass is 10.1. The zero-order valence-corrected chi connectivity index (χ0v) is 14.3. The van der Waals surface area contributed by atoms with E-state index in [2.05, 4.69) is 29.5 Å². The number of hydrogen-bond donors (Lipinski definition) is 2. The second-order valence-corrected chi connectivity index (χ2v) is 6.59. The molecule has 1 heterocycles. The van der Waals surface area contributed by atoms with Gasteiger partial charge in [-0.15, -0.1) is 11.3 Å². The Labute approximate surface area is 144 Å². The first-order valence-corrected chi connectivity index (χ1v) is 8.31. The van der Waals surface area contributed by atoms with Crippen LogP contribution in [0.3, 0.4) is 0 Å². The van der Waals surface area contributed by atoms with E-state index >= 15 is 0 Å². The van der Waals surface area contributed by atoms with Crippen LogP contribution in [0.2, 0.25) is 0 Å². The van der Waals surface area contributed by atoms with Crippen LogP contribution in [0.25, 0.3) is 0 Å². The van der Waals surface area contributed by atoms with Gasteiger partial charge in [0.25, 0.3) is 0 Å². The highest BCUT2D eigenvalue weighted by atomic mass is 32.1. The van der Waals surface area contributed by atoms with Gasteiger partial charge in [0.1, 0.15) is 6.42 Å². The van der Waals surface area contributed by atoms with Crippen molar-refractivity contribution in [1.29, 1.82) is 5.26 Å². The monoisotopic (exact) mass is 342 g/mol. The normalized spacial score (nSPS) is 10.2. The minimum Gasteiger partial charge on any atom is -0.325 e. The molecule has 0 unspecified atom stereocenters. The molecule has 0 spiro atoms. The zero-order chi connectivity index (χ0) is 17.5. The predicted molar refractivity (Wildman–Crippen MR) is 93.8 cm³/mol. The van der Waals surface area contributed by atoms with Gasteiger partial charge >= 0.3 is 0 Å². The molecule has 24 heavy (non-hydrogen) atoms. The number of hydrogen-bond acceptors (Lipinski definition) is 5. The third kappa shape index (κ3) is 5.18. The van der Waals surface area contributed by atoms with Crippen molar-refractivity contribution >= 4 is 34.0 Å². The SMILES string of the molecule is CC(C)c1cnc(NC(=O)Cc2ccc(NC(=O)CC#N)cc2)s1. The lowest BCUT2D eigenvalue weighted by Crippen LogP contribution is -2.14. The van der Waals surface area contributed by atoms with Crippen LogP contribution in [0.4, 0.5) is 10.8 Å². The second kappa shape index (κ2) is 8.22. The quantitative estimate of drug-likeness (QED) is 0.842. The molecule has 2 N–H and O–H groups in total. The lowest BCUT2D eigenvalue weighted by molar-refractivity contribution is -0.116. The maximum atomic E-state index is 12.1. The maximum Gasteiger partial charge on any atom is 0.238 e. The summed E-state index contributed by atoms with van der Waals surface area (Å²) in [6.45, 7) is 4.16. The summed E-state index contributed by atoms with van der Waals surface area (Å²) in [5, 5.41) is 14.5. The summed E-state index contributed by atoms with van der Waals surface area (Å²) in [4.78, 5) is 28.7. The molecule has 1 aromatic heterocycles. The molecule has 0 bridgehead atoms. The van der Waals surface area contributed by atoms with Gasteiger partial charge in [-0.25, -0.2) is 4.98 Å². The summed E-state index contributed by atoms with van der Waals surface area (Å²) in [7, 11) is 0. The second-order valence-electron chi connectivity index (χ2n) is 5.53. The number of nitrogens with one attached hydrogen (secondary N) is 2. The summed E-state index contributed by atoms with van der Waals surface area (Å²) in [6, 6.07) is 8.73. The van der Waals surface area contributed by atoms with Crippen molar-refractivity contribution < 1.29 is 9.59 Å². The largest absolute Gasteiger partial charge is 0.325 e. The van der Waals surface area contributed by atoms with Gasteiger partial charge in [0.15, 0.2) is 5.13 Å². The van der Waals surface area contributed by atoms with Crippen LogP contribution < -0.4 is 10.6 Å². The molecule has 0 saturated carbocycles. The topological polar surface area (TPSA) is 94.9 Å². The minimum absolute atomic E-state index is 0.138. The van der Waals surface area contributed by atoms with Gasteiger partial charge in [-0.1, -0.05) is 26.0 Å². The molecular formula is C17H18N4O2S. The number of nitrogens with zero attached hydrogens (tertiary/aromatic N) is 2. The Morgan fingerprint density at radius 1 is 1.21 bits per heavy atom. The molecule has 124 valence electrons. The van der Waals surface area contributed by atoms with E-state index in [1.807, 2.05) is 0 Å². The van der Waals surface area contributed by atoms with Crippen molar-refractivity contribution in [2.45, 2.75) is 32.6 Å². The maximum absolute atomic E-state index is 12.1. The molecule has 0 saturated heterocycles. The van der Waals surface area contributed by atoms with Gasteiger partial charge in [0.2, 0.25) is 11.8 Å². The highest BCUT2D eigenvalue weighted by Gasteiger charge is 2.09. The van der Waals surface area contributed by atoms with Crippen molar-refractivity contribution in [2.24, 2.45) is 0 Å². The van der Waals surface area contributed by atoms with Crippen LogP contribution >= 0.6 is 11.3 Å². The Bertz CT molecular complexity index is 760. The number of amides is 2. The molecule has 0 atom stereocenters. The summed E-state index contributed by atoms with van der Waals surface area (Å²) >= 11 is 1.48. The first-order valence-electron chi connectivity index (χ1n) is 7.49. The van der Waals surface area contributed by atoms with Gasteiger partial charge in [-0.2, -0.15) is 5.26 Å². The minimum atomic E-state index is -0.354. The van der Waals surface area contributed by atoms with Crippen molar-refractivity contribution in [3.05, 3.63) is 40.9 Å². The summed E-state index contributed by atoms with van der Waals surface area (Å²) in [5.74, 6) is -0.106. The summed E-state index contributed by atoms with van der Waals surface area (Å²) in [6.07, 6.45) is 1.82. The van der Waals surface area contributed by atoms with Crippen LogP contribution in [-0.2, 0) is 16.0 Å². The van der Waals surface area contributed by atoms with Crippen LogP contribution in [0.1, 0.15) is 36.6 Å². The van der Waals surface area contributed by atoms with E-state index in [-0.39, 0.29) is 24.7 Å². The number of benzene rings is 1. The van der Waals surface area contributed by atoms with Crippen LogP contribution in [-0.4, -0.2) is 16.8 Å². The van der Waals surface area contributed by atoms with E-state index in [0.717, 1.165) is 10.4 Å². The number of nitriles is 1.